The largest absolute Gasteiger partial charge is 0.508 e. The number of unbranched alkanes of at least 4 members (excludes halogenated alkanes) is 7. The van der Waals surface area contributed by atoms with Gasteiger partial charge in [0.25, 0.3) is 0 Å². The molecular weight excluding hydrogens is 208 g/mol. The van der Waals surface area contributed by atoms with Gasteiger partial charge >= 0.3 is 0 Å². The molecule has 0 unspecified atom stereocenters. The number of rotatable bonds is 9. The molecule has 1 N–H and O–H groups in total. The first-order chi connectivity index (χ1) is 8.33. The minimum Gasteiger partial charge on any atom is -0.508 e. The Hall–Kier alpha value is -0.980. The summed E-state index contributed by atoms with van der Waals surface area (Å²) in [6, 6.07) is 7.63. The standard InChI is InChI=1S/C16H26O/c1-2-3-4-5-6-7-8-9-11-15-12-10-13-16(17)14-15/h10,12-14,17H,2-9,11H2,1H3. The summed E-state index contributed by atoms with van der Waals surface area (Å²) in [5, 5.41) is 9.34. The third-order valence-electron chi connectivity index (χ3n) is 3.23. The topological polar surface area (TPSA) is 20.2 Å². The van der Waals surface area contributed by atoms with E-state index >= 15 is 0 Å². The highest BCUT2D eigenvalue weighted by atomic mass is 16.3. The molecule has 96 valence electrons. The monoisotopic (exact) mass is 234 g/mol. The molecule has 0 saturated heterocycles. The number of benzene rings is 1. The van der Waals surface area contributed by atoms with Crippen molar-refractivity contribution in [3.05, 3.63) is 29.8 Å². The molecule has 0 aliphatic heterocycles. The minimum absolute atomic E-state index is 0.391. The summed E-state index contributed by atoms with van der Waals surface area (Å²) < 4.78 is 0. The number of hydrogen-bond acceptors (Lipinski definition) is 1. The molecule has 1 heteroatoms. The van der Waals surface area contributed by atoms with Gasteiger partial charge in [-0.1, -0.05) is 64.0 Å². The minimum atomic E-state index is 0.391. The molecule has 0 aliphatic rings. The maximum absolute atomic E-state index is 9.34. The Morgan fingerprint density at radius 3 is 2.18 bits per heavy atom. The number of hydrogen-bond donors (Lipinski definition) is 1. The van der Waals surface area contributed by atoms with Crippen molar-refractivity contribution >= 4 is 0 Å². The van der Waals surface area contributed by atoms with Crippen LogP contribution in [-0.2, 0) is 6.42 Å². The SMILES string of the molecule is CCCCCCCCCCc1cccc(O)c1. The fraction of sp³-hybridized carbons (Fsp3) is 0.625. The van der Waals surface area contributed by atoms with Gasteiger partial charge in [-0.15, -0.1) is 0 Å². The summed E-state index contributed by atoms with van der Waals surface area (Å²) in [4.78, 5) is 0. The zero-order chi connectivity index (χ0) is 12.3. The van der Waals surface area contributed by atoms with E-state index in [1.165, 1.54) is 56.9 Å². The Labute approximate surface area is 106 Å². The fourth-order valence-corrected chi connectivity index (χ4v) is 2.17. The number of aryl methyl sites for hydroxylation is 1. The van der Waals surface area contributed by atoms with Gasteiger partial charge in [-0.25, -0.2) is 0 Å². The van der Waals surface area contributed by atoms with E-state index in [2.05, 4.69) is 13.0 Å². The van der Waals surface area contributed by atoms with E-state index in [-0.39, 0.29) is 0 Å². The molecule has 0 aliphatic carbocycles. The van der Waals surface area contributed by atoms with E-state index in [4.69, 9.17) is 0 Å². The Kier molecular flexibility index (Phi) is 7.53. The van der Waals surface area contributed by atoms with Gasteiger partial charge in [0.15, 0.2) is 0 Å². The van der Waals surface area contributed by atoms with Crippen molar-refractivity contribution in [1.29, 1.82) is 0 Å². The lowest BCUT2D eigenvalue weighted by Gasteiger charge is -2.03. The molecule has 0 aromatic heterocycles. The van der Waals surface area contributed by atoms with Crippen LogP contribution < -0.4 is 0 Å². The van der Waals surface area contributed by atoms with Gasteiger partial charge in [-0.2, -0.15) is 0 Å². The normalized spacial score (nSPS) is 10.6. The Bertz CT molecular complexity index is 293. The van der Waals surface area contributed by atoms with Crippen molar-refractivity contribution in [3.8, 4) is 5.75 Å². The van der Waals surface area contributed by atoms with E-state index in [0.29, 0.717) is 5.75 Å². The third kappa shape index (κ3) is 7.04. The van der Waals surface area contributed by atoms with Crippen LogP contribution in [0.1, 0.15) is 63.9 Å². The third-order valence-corrected chi connectivity index (χ3v) is 3.23. The molecular formula is C16H26O. The Morgan fingerprint density at radius 2 is 1.53 bits per heavy atom. The Morgan fingerprint density at radius 1 is 0.882 bits per heavy atom. The molecule has 0 fully saturated rings. The molecule has 0 saturated carbocycles. The molecule has 1 nitrogen and oxygen atoms in total. The van der Waals surface area contributed by atoms with Crippen LogP contribution in [-0.4, -0.2) is 5.11 Å². The van der Waals surface area contributed by atoms with Crippen LogP contribution in [0.5, 0.6) is 5.75 Å². The number of phenols is 1. The zero-order valence-corrected chi connectivity index (χ0v) is 11.1. The second kappa shape index (κ2) is 9.09. The van der Waals surface area contributed by atoms with Crippen molar-refractivity contribution in [2.24, 2.45) is 0 Å². The first-order valence-corrected chi connectivity index (χ1v) is 7.11. The summed E-state index contributed by atoms with van der Waals surface area (Å²) in [6.07, 6.45) is 12.0. The first-order valence-electron chi connectivity index (χ1n) is 7.11. The lowest BCUT2D eigenvalue weighted by Crippen LogP contribution is -1.86. The second-order valence-electron chi connectivity index (χ2n) is 4.89. The van der Waals surface area contributed by atoms with E-state index in [0.717, 1.165) is 6.42 Å². The highest BCUT2D eigenvalue weighted by molar-refractivity contribution is 5.27. The van der Waals surface area contributed by atoms with Crippen molar-refractivity contribution < 1.29 is 5.11 Å². The predicted molar refractivity (Wildman–Crippen MR) is 74.4 cm³/mol. The summed E-state index contributed by atoms with van der Waals surface area (Å²) in [6.45, 7) is 2.26. The lowest BCUT2D eigenvalue weighted by molar-refractivity contribution is 0.474. The number of phenolic OH excluding ortho intramolecular Hbond substituents is 1. The zero-order valence-electron chi connectivity index (χ0n) is 11.1. The van der Waals surface area contributed by atoms with Crippen molar-refractivity contribution in [2.45, 2.75) is 64.7 Å². The molecule has 0 heterocycles. The van der Waals surface area contributed by atoms with E-state index in [1.807, 2.05) is 12.1 Å². The van der Waals surface area contributed by atoms with Gasteiger partial charge in [0, 0.05) is 0 Å². The van der Waals surface area contributed by atoms with Crippen LogP contribution in [0.2, 0.25) is 0 Å². The molecule has 0 spiro atoms. The molecule has 17 heavy (non-hydrogen) atoms. The van der Waals surface area contributed by atoms with Crippen molar-refractivity contribution in [2.75, 3.05) is 0 Å². The van der Waals surface area contributed by atoms with Gasteiger partial charge in [0.1, 0.15) is 5.75 Å². The van der Waals surface area contributed by atoms with Gasteiger partial charge < -0.3 is 5.11 Å². The predicted octanol–water partition coefficient (Wildman–Crippen LogP) is 5.08. The molecule has 0 atom stereocenters. The summed E-state index contributed by atoms with van der Waals surface area (Å²) in [5.41, 5.74) is 1.26. The lowest BCUT2D eigenvalue weighted by atomic mass is 10.0. The maximum atomic E-state index is 9.34. The summed E-state index contributed by atoms with van der Waals surface area (Å²) >= 11 is 0. The average molecular weight is 234 g/mol. The number of aromatic hydroxyl groups is 1. The quantitative estimate of drug-likeness (QED) is 0.591. The van der Waals surface area contributed by atoms with Crippen LogP contribution in [0.4, 0.5) is 0 Å². The molecule has 0 bridgehead atoms. The van der Waals surface area contributed by atoms with Gasteiger partial charge in [0.05, 0.1) is 0 Å². The Balaban J connectivity index is 1.97. The maximum Gasteiger partial charge on any atom is 0.115 e. The van der Waals surface area contributed by atoms with Gasteiger partial charge in [-0.3, -0.25) is 0 Å². The molecule has 1 rings (SSSR count). The average Bonchev–Trinajstić information content (AvgIpc) is 2.33. The first kappa shape index (κ1) is 14.1. The van der Waals surface area contributed by atoms with E-state index in [1.54, 1.807) is 6.07 Å². The molecule has 0 amide bonds. The summed E-state index contributed by atoms with van der Waals surface area (Å²) in [7, 11) is 0. The molecule has 1 aromatic rings. The van der Waals surface area contributed by atoms with Crippen LogP contribution in [0.3, 0.4) is 0 Å². The van der Waals surface area contributed by atoms with E-state index < -0.39 is 0 Å². The van der Waals surface area contributed by atoms with Crippen LogP contribution in [0.15, 0.2) is 24.3 Å². The van der Waals surface area contributed by atoms with Crippen LogP contribution >= 0.6 is 0 Å². The highest BCUT2D eigenvalue weighted by Gasteiger charge is 1.95. The smallest absolute Gasteiger partial charge is 0.115 e. The summed E-state index contributed by atoms with van der Waals surface area (Å²) in [5.74, 6) is 0.391. The van der Waals surface area contributed by atoms with Crippen LogP contribution in [0, 0.1) is 0 Å². The van der Waals surface area contributed by atoms with Crippen molar-refractivity contribution in [1.82, 2.24) is 0 Å². The van der Waals surface area contributed by atoms with Gasteiger partial charge in [-0.05, 0) is 30.5 Å². The van der Waals surface area contributed by atoms with Gasteiger partial charge in [0.2, 0.25) is 0 Å². The van der Waals surface area contributed by atoms with Crippen LogP contribution in [0.25, 0.3) is 0 Å². The fourth-order valence-electron chi connectivity index (χ4n) is 2.17. The van der Waals surface area contributed by atoms with Crippen molar-refractivity contribution in [3.63, 3.8) is 0 Å². The van der Waals surface area contributed by atoms with E-state index in [9.17, 15) is 5.11 Å². The highest BCUT2D eigenvalue weighted by Crippen LogP contribution is 2.14. The second-order valence-corrected chi connectivity index (χ2v) is 4.89. The molecule has 1 aromatic carbocycles. The molecule has 0 radical (unpaired) electrons.